The number of amides is 5. The number of alkyl halides is 5. The molecule has 3 saturated heterocycles. The van der Waals surface area contributed by atoms with Gasteiger partial charge in [-0.1, -0.05) is 0 Å². The van der Waals surface area contributed by atoms with E-state index < -0.39 is 60.0 Å². The lowest BCUT2D eigenvalue weighted by atomic mass is 9.90. The number of rotatable bonds is 11. The maximum absolute atomic E-state index is 15.2. The molecule has 1 aliphatic carbocycles. The summed E-state index contributed by atoms with van der Waals surface area (Å²) in [6.45, 7) is 1.50. The molecule has 0 bridgehead atoms. The van der Waals surface area contributed by atoms with Crippen molar-refractivity contribution in [3.63, 3.8) is 0 Å². The summed E-state index contributed by atoms with van der Waals surface area (Å²) in [5.74, 6) is -3.87. The van der Waals surface area contributed by atoms with Crippen LogP contribution in [0, 0.1) is 17.6 Å². The molecular weight excluding hydrogens is 847 g/mol. The Bertz CT molecular complexity index is 2340. The molecule has 336 valence electrons. The summed E-state index contributed by atoms with van der Waals surface area (Å²) in [4.78, 5) is 65.0. The van der Waals surface area contributed by atoms with E-state index in [2.05, 4.69) is 35.9 Å². The second-order valence-corrected chi connectivity index (χ2v) is 15.9. The van der Waals surface area contributed by atoms with E-state index in [1.807, 2.05) is 4.90 Å². The van der Waals surface area contributed by atoms with Gasteiger partial charge in [-0.15, -0.1) is 0 Å². The van der Waals surface area contributed by atoms with Crippen LogP contribution in [0.15, 0.2) is 47.3 Å². The maximum Gasteiger partial charge on any atom is 0.405 e. The van der Waals surface area contributed by atoms with Gasteiger partial charge in [0.25, 0.3) is 12.3 Å². The molecule has 3 aromatic heterocycles. The number of hydrogen-bond acceptors (Lipinski definition) is 11. The number of hydrogen-bond donors (Lipinski definition) is 3. The van der Waals surface area contributed by atoms with Crippen molar-refractivity contribution in [3.05, 3.63) is 65.9 Å². The first-order chi connectivity index (χ1) is 30.1. The molecule has 3 aliphatic heterocycles. The summed E-state index contributed by atoms with van der Waals surface area (Å²) in [6.07, 6.45) is -0.700. The molecule has 1 saturated carbocycles. The molecular formula is C40H42F7N11O5. The van der Waals surface area contributed by atoms with Crippen LogP contribution in [0.5, 0.6) is 0 Å². The van der Waals surface area contributed by atoms with Crippen LogP contribution in [0.4, 0.5) is 58.4 Å². The zero-order chi connectivity index (χ0) is 44.6. The fourth-order valence-electron chi connectivity index (χ4n) is 8.62. The van der Waals surface area contributed by atoms with E-state index >= 15 is 8.78 Å². The lowest BCUT2D eigenvalue weighted by Gasteiger charge is -2.42. The van der Waals surface area contributed by atoms with E-state index in [0.29, 0.717) is 52.0 Å². The van der Waals surface area contributed by atoms with E-state index in [9.17, 15) is 41.1 Å². The molecule has 4 aliphatic rings. The minimum atomic E-state index is -4.47. The van der Waals surface area contributed by atoms with Crippen molar-refractivity contribution in [1.29, 1.82) is 0 Å². The van der Waals surface area contributed by atoms with Gasteiger partial charge in [0.05, 0.1) is 17.6 Å². The lowest BCUT2D eigenvalue weighted by Crippen LogP contribution is -2.53. The van der Waals surface area contributed by atoms with Gasteiger partial charge in [-0.25, -0.2) is 32.3 Å². The second-order valence-electron chi connectivity index (χ2n) is 15.9. The molecule has 1 aromatic carbocycles. The fraction of sp³-hybridized carbons (Fsp3) is 0.475. The van der Waals surface area contributed by atoms with Crippen molar-refractivity contribution >= 4 is 46.6 Å². The molecule has 0 spiro atoms. The Morgan fingerprint density at radius 2 is 1.65 bits per heavy atom. The van der Waals surface area contributed by atoms with Gasteiger partial charge >= 0.3 is 12.2 Å². The molecule has 0 unspecified atom stereocenters. The average Bonchev–Trinajstić information content (AvgIpc) is 4.05. The number of carbonyl (C=O) groups excluding carboxylic acids is 4. The van der Waals surface area contributed by atoms with Crippen LogP contribution < -0.4 is 25.8 Å². The van der Waals surface area contributed by atoms with E-state index in [0.717, 1.165) is 36.1 Å². The van der Waals surface area contributed by atoms with Crippen LogP contribution >= 0.6 is 0 Å². The molecule has 16 nitrogen and oxygen atoms in total. The number of benzene rings is 1. The third-order valence-corrected chi connectivity index (χ3v) is 11.8. The molecule has 4 fully saturated rings. The van der Waals surface area contributed by atoms with Crippen LogP contribution in [0.3, 0.4) is 0 Å². The van der Waals surface area contributed by atoms with E-state index in [-0.39, 0.29) is 77.8 Å². The van der Waals surface area contributed by atoms with Gasteiger partial charge in [-0.05, 0) is 56.4 Å². The highest BCUT2D eigenvalue weighted by Crippen LogP contribution is 2.36. The second kappa shape index (κ2) is 17.8. The highest BCUT2D eigenvalue weighted by atomic mass is 19.4. The normalized spacial score (nSPS) is 21.3. The van der Waals surface area contributed by atoms with Crippen molar-refractivity contribution in [1.82, 2.24) is 34.9 Å². The van der Waals surface area contributed by atoms with E-state index in [1.165, 1.54) is 29.2 Å². The van der Waals surface area contributed by atoms with Crippen molar-refractivity contribution in [3.8, 4) is 11.5 Å². The van der Waals surface area contributed by atoms with E-state index in [4.69, 9.17) is 4.42 Å². The number of pyridine rings is 1. The number of nitrogens with one attached hydrogen (secondary N) is 3. The number of halogens is 7. The highest BCUT2D eigenvalue weighted by molar-refractivity contribution is 6.06. The topological polar surface area (TPSA) is 174 Å². The average molecular weight is 890 g/mol. The van der Waals surface area contributed by atoms with Crippen LogP contribution in [0.2, 0.25) is 0 Å². The third-order valence-electron chi connectivity index (χ3n) is 11.8. The number of carbonyl (C=O) groups is 4. The van der Waals surface area contributed by atoms with Crippen molar-refractivity contribution in [2.75, 3.05) is 72.8 Å². The Morgan fingerprint density at radius 3 is 2.33 bits per heavy atom. The molecule has 0 radical (unpaired) electrons. The summed E-state index contributed by atoms with van der Waals surface area (Å²) >= 11 is 0. The first-order valence-electron chi connectivity index (χ1n) is 20.4. The molecule has 63 heavy (non-hydrogen) atoms. The number of urea groups is 1. The van der Waals surface area contributed by atoms with Crippen LogP contribution in [-0.4, -0.2) is 118 Å². The number of aromatic nitrogens is 4. The Kier molecular flexibility index (Phi) is 12.3. The maximum atomic E-state index is 15.2. The van der Waals surface area contributed by atoms with E-state index in [1.54, 1.807) is 4.90 Å². The number of piperazine rings is 1. The number of oxazole rings is 1. The molecule has 8 rings (SSSR count). The zero-order valence-electron chi connectivity index (χ0n) is 33.5. The van der Waals surface area contributed by atoms with Crippen LogP contribution in [0.1, 0.15) is 67.2 Å². The van der Waals surface area contributed by atoms with Gasteiger partial charge in [0, 0.05) is 81.9 Å². The van der Waals surface area contributed by atoms with Gasteiger partial charge in [-0.3, -0.25) is 34.2 Å². The van der Waals surface area contributed by atoms with Crippen molar-refractivity contribution in [2.24, 2.45) is 5.92 Å². The molecule has 23 heteroatoms. The van der Waals surface area contributed by atoms with Crippen LogP contribution in [0.25, 0.3) is 11.5 Å². The van der Waals surface area contributed by atoms with Gasteiger partial charge in [0.15, 0.2) is 23.0 Å². The van der Waals surface area contributed by atoms with Crippen LogP contribution in [-0.2, 0) is 9.59 Å². The molecule has 4 aromatic rings. The van der Waals surface area contributed by atoms with Crippen molar-refractivity contribution < 1.29 is 54.3 Å². The molecule has 3 N–H and O–H groups in total. The summed E-state index contributed by atoms with van der Waals surface area (Å²) in [5.41, 5.74) is -1.12. The molecule has 1 atom stereocenters. The Labute approximate surface area is 354 Å². The standard InChI is InChI=1S/C40H42F7N11O5/c41-27-16-26(17-28(42)34(27)57-10-7-32(59)52-39(57)62)56-9-6-23(18-56)38(61)55-13-11-54(12-14-55)24-1-3-25(4-2-24)58-19-29(33(53-58)35(43)44)50-36(60)30-20-63-37(51-30)22-5-8-48-31(15-22)49-21-40(45,46)47/h5,8,15-17,19-20,23-25,35H,1-4,6-7,9-14,18,21H2,(H,48,49)(H,50,60)(H,52,59,62)/t23-,24?,25?/m1/s1. The largest absolute Gasteiger partial charge is 0.444 e. The third kappa shape index (κ3) is 9.71. The summed E-state index contributed by atoms with van der Waals surface area (Å²) in [6, 6.07) is 4.04. The van der Waals surface area contributed by atoms with Gasteiger partial charge in [0.2, 0.25) is 17.7 Å². The zero-order valence-corrected chi connectivity index (χ0v) is 33.5. The summed E-state index contributed by atoms with van der Waals surface area (Å²) in [5, 5.41) is 10.8. The SMILES string of the molecule is O=C1CCN(c2c(F)cc(N3CC[C@@H](C(=O)N4CCN(C5CCC(n6cc(NC(=O)c7coc(-c8ccnc(NCC(F)(F)F)c8)n7)c(C(F)F)n6)CC5)CC4)C3)cc2F)C(=O)N1. The summed E-state index contributed by atoms with van der Waals surface area (Å²) in [7, 11) is 0. The Hall–Kier alpha value is -6.26. The van der Waals surface area contributed by atoms with Gasteiger partial charge < -0.3 is 24.9 Å². The monoisotopic (exact) mass is 889 g/mol. The smallest absolute Gasteiger partial charge is 0.405 e. The van der Waals surface area contributed by atoms with Gasteiger partial charge in [-0.2, -0.15) is 18.3 Å². The minimum Gasteiger partial charge on any atom is -0.444 e. The van der Waals surface area contributed by atoms with Gasteiger partial charge in [0.1, 0.15) is 24.3 Å². The minimum absolute atomic E-state index is 0.0308. The Balaban J connectivity index is 0.810. The highest BCUT2D eigenvalue weighted by Gasteiger charge is 2.37. The predicted octanol–water partition coefficient (Wildman–Crippen LogP) is 5.98. The first-order valence-corrected chi connectivity index (χ1v) is 20.4. The fourth-order valence-corrected chi connectivity index (χ4v) is 8.62. The lowest BCUT2D eigenvalue weighted by molar-refractivity contribution is -0.137. The first kappa shape index (κ1) is 43.4. The molecule has 5 amide bonds. The van der Waals surface area contributed by atoms with Crippen molar-refractivity contribution in [2.45, 2.75) is 63.2 Å². The predicted molar refractivity (Wildman–Crippen MR) is 211 cm³/mol. The quantitative estimate of drug-likeness (QED) is 0.151. The number of imide groups is 1. The number of nitrogens with zero attached hydrogens (tertiary/aromatic N) is 8. The Morgan fingerprint density at radius 1 is 0.937 bits per heavy atom. The summed E-state index contributed by atoms with van der Waals surface area (Å²) < 4.78 is 103. The molecule has 6 heterocycles. The number of anilines is 4.